The van der Waals surface area contributed by atoms with Gasteiger partial charge in [0.15, 0.2) is 11.5 Å². The van der Waals surface area contributed by atoms with E-state index >= 15 is 0 Å². The molecule has 1 aromatic rings. The first kappa shape index (κ1) is 17.5. The van der Waals surface area contributed by atoms with Crippen LogP contribution in [0.3, 0.4) is 0 Å². The lowest BCUT2D eigenvalue weighted by atomic mass is 10.1. The van der Waals surface area contributed by atoms with Gasteiger partial charge in [-0.25, -0.2) is 0 Å². The molecule has 7 heteroatoms. The van der Waals surface area contributed by atoms with E-state index in [2.05, 4.69) is 5.32 Å². The van der Waals surface area contributed by atoms with Crippen molar-refractivity contribution in [1.82, 2.24) is 10.2 Å². The standard InChI is InChI=1S/C18H24N2O5/c1-11(13-3-4-15-16(9-13)25-8-7-24-15)19-17(21)12(2)20-6-5-14(10-20)18(22)23/h3-4,9,11-12,14H,5-8,10H2,1-2H3,(H,19,21)(H,22,23). The van der Waals surface area contributed by atoms with Crippen LogP contribution in [0.15, 0.2) is 18.2 Å². The zero-order valence-electron chi connectivity index (χ0n) is 14.5. The number of carboxylic acids is 1. The predicted octanol–water partition coefficient (Wildman–Crippen LogP) is 1.43. The quantitative estimate of drug-likeness (QED) is 0.837. The smallest absolute Gasteiger partial charge is 0.307 e. The molecule has 0 bridgehead atoms. The molecule has 2 aliphatic rings. The van der Waals surface area contributed by atoms with Gasteiger partial charge in [0.25, 0.3) is 0 Å². The van der Waals surface area contributed by atoms with Gasteiger partial charge < -0.3 is 19.9 Å². The lowest BCUT2D eigenvalue weighted by Crippen LogP contribution is -2.45. The Morgan fingerprint density at radius 1 is 1.24 bits per heavy atom. The fourth-order valence-corrected chi connectivity index (χ4v) is 3.25. The highest BCUT2D eigenvalue weighted by molar-refractivity contribution is 5.82. The van der Waals surface area contributed by atoms with Gasteiger partial charge in [-0.15, -0.1) is 0 Å². The molecule has 1 saturated heterocycles. The molecule has 3 unspecified atom stereocenters. The molecule has 7 nitrogen and oxygen atoms in total. The van der Waals surface area contributed by atoms with Crippen molar-refractivity contribution in [3.05, 3.63) is 23.8 Å². The number of ether oxygens (including phenoxy) is 2. The molecule has 3 rings (SSSR count). The number of nitrogens with one attached hydrogen (secondary N) is 1. The monoisotopic (exact) mass is 348 g/mol. The van der Waals surface area contributed by atoms with Crippen LogP contribution in [-0.2, 0) is 9.59 Å². The minimum atomic E-state index is -0.792. The number of benzene rings is 1. The summed E-state index contributed by atoms with van der Waals surface area (Å²) in [4.78, 5) is 25.5. The number of hydrogen-bond acceptors (Lipinski definition) is 5. The average Bonchev–Trinajstić information content (AvgIpc) is 3.11. The van der Waals surface area contributed by atoms with E-state index in [1.54, 1.807) is 0 Å². The maximum atomic E-state index is 12.5. The summed E-state index contributed by atoms with van der Waals surface area (Å²) in [6, 6.07) is 5.13. The largest absolute Gasteiger partial charge is 0.486 e. The van der Waals surface area contributed by atoms with Gasteiger partial charge in [0, 0.05) is 6.54 Å². The third kappa shape index (κ3) is 3.87. The van der Waals surface area contributed by atoms with Gasteiger partial charge in [-0.3, -0.25) is 14.5 Å². The maximum Gasteiger partial charge on any atom is 0.307 e. The van der Waals surface area contributed by atoms with E-state index in [9.17, 15) is 9.59 Å². The Morgan fingerprint density at radius 2 is 1.96 bits per heavy atom. The second kappa shape index (κ2) is 7.31. The molecule has 3 atom stereocenters. The number of likely N-dealkylation sites (tertiary alicyclic amines) is 1. The molecule has 25 heavy (non-hydrogen) atoms. The number of amides is 1. The van der Waals surface area contributed by atoms with E-state index in [4.69, 9.17) is 14.6 Å². The first-order valence-corrected chi connectivity index (χ1v) is 8.62. The molecular weight excluding hydrogens is 324 g/mol. The lowest BCUT2D eigenvalue weighted by molar-refractivity contribution is -0.141. The summed E-state index contributed by atoms with van der Waals surface area (Å²) in [6.07, 6.45) is 0.588. The van der Waals surface area contributed by atoms with Crippen LogP contribution in [0.5, 0.6) is 11.5 Å². The number of aliphatic carboxylic acids is 1. The predicted molar refractivity (Wildman–Crippen MR) is 90.8 cm³/mol. The summed E-state index contributed by atoms with van der Waals surface area (Å²) >= 11 is 0. The van der Waals surface area contributed by atoms with Crippen molar-refractivity contribution in [1.29, 1.82) is 0 Å². The number of carbonyl (C=O) groups is 2. The average molecular weight is 348 g/mol. The molecule has 2 heterocycles. The van der Waals surface area contributed by atoms with Crippen molar-refractivity contribution in [3.63, 3.8) is 0 Å². The van der Waals surface area contributed by atoms with Crippen LogP contribution in [0.25, 0.3) is 0 Å². The van der Waals surface area contributed by atoms with Gasteiger partial charge in [0.1, 0.15) is 13.2 Å². The van der Waals surface area contributed by atoms with E-state index in [1.807, 2.05) is 36.9 Å². The SMILES string of the molecule is CC(NC(=O)C(C)N1CCC(C(=O)O)C1)c1ccc2c(c1)OCCO2. The molecule has 136 valence electrons. The fraction of sp³-hybridized carbons (Fsp3) is 0.556. The van der Waals surface area contributed by atoms with E-state index in [0.717, 1.165) is 11.3 Å². The zero-order valence-corrected chi connectivity index (χ0v) is 14.5. The highest BCUT2D eigenvalue weighted by Gasteiger charge is 2.33. The molecule has 0 aliphatic carbocycles. The Labute approximate surface area is 146 Å². The molecule has 0 radical (unpaired) electrons. The molecule has 0 spiro atoms. The van der Waals surface area contributed by atoms with Crippen molar-refractivity contribution >= 4 is 11.9 Å². The molecule has 1 aromatic carbocycles. The molecule has 2 N–H and O–H groups in total. The number of nitrogens with zero attached hydrogens (tertiary/aromatic N) is 1. The molecule has 1 fully saturated rings. The number of rotatable bonds is 5. The van der Waals surface area contributed by atoms with Crippen LogP contribution in [0, 0.1) is 5.92 Å². The number of hydrogen-bond donors (Lipinski definition) is 2. The van der Waals surface area contributed by atoms with Gasteiger partial charge in [-0.05, 0) is 44.5 Å². The summed E-state index contributed by atoms with van der Waals surface area (Å²) in [5.41, 5.74) is 0.939. The Balaban J connectivity index is 1.59. The van der Waals surface area contributed by atoms with E-state index in [0.29, 0.717) is 38.5 Å². The van der Waals surface area contributed by atoms with Crippen LogP contribution in [0.1, 0.15) is 31.9 Å². The third-order valence-electron chi connectivity index (χ3n) is 4.92. The fourth-order valence-electron chi connectivity index (χ4n) is 3.25. The highest BCUT2D eigenvalue weighted by Crippen LogP contribution is 2.32. The Kier molecular flexibility index (Phi) is 5.13. The normalized spacial score (nSPS) is 22.2. The van der Waals surface area contributed by atoms with Crippen LogP contribution in [-0.4, -0.2) is 54.2 Å². The van der Waals surface area contributed by atoms with Crippen LogP contribution >= 0.6 is 0 Å². The van der Waals surface area contributed by atoms with Crippen molar-refractivity contribution < 1.29 is 24.2 Å². The Bertz CT molecular complexity index is 663. The van der Waals surface area contributed by atoms with Crippen molar-refractivity contribution in [2.75, 3.05) is 26.3 Å². The number of carboxylic acid groups (broad SMARTS) is 1. The number of carbonyl (C=O) groups excluding carboxylic acids is 1. The van der Waals surface area contributed by atoms with Crippen LogP contribution in [0.2, 0.25) is 0 Å². The molecule has 0 aromatic heterocycles. The second-order valence-electron chi connectivity index (χ2n) is 6.63. The summed E-state index contributed by atoms with van der Waals surface area (Å²) in [5.74, 6) is 0.138. The van der Waals surface area contributed by atoms with Gasteiger partial charge in [-0.1, -0.05) is 6.07 Å². The Morgan fingerprint density at radius 3 is 2.64 bits per heavy atom. The molecule has 2 aliphatic heterocycles. The minimum Gasteiger partial charge on any atom is -0.486 e. The van der Waals surface area contributed by atoms with Crippen molar-refractivity contribution in [2.45, 2.75) is 32.4 Å². The lowest BCUT2D eigenvalue weighted by Gasteiger charge is -2.26. The summed E-state index contributed by atoms with van der Waals surface area (Å²) < 4.78 is 11.1. The van der Waals surface area contributed by atoms with E-state index < -0.39 is 5.97 Å². The van der Waals surface area contributed by atoms with Gasteiger partial charge in [-0.2, -0.15) is 0 Å². The summed E-state index contributed by atoms with van der Waals surface area (Å²) in [7, 11) is 0. The molecular formula is C18H24N2O5. The summed E-state index contributed by atoms with van der Waals surface area (Å²) in [6.45, 7) is 5.85. The molecule has 0 saturated carbocycles. The van der Waals surface area contributed by atoms with Gasteiger partial charge >= 0.3 is 5.97 Å². The topological polar surface area (TPSA) is 88.1 Å². The van der Waals surface area contributed by atoms with Crippen molar-refractivity contribution in [2.24, 2.45) is 5.92 Å². The third-order valence-corrected chi connectivity index (χ3v) is 4.92. The second-order valence-corrected chi connectivity index (χ2v) is 6.63. The first-order chi connectivity index (χ1) is 12.0. The number of fused-ring (bicyclic) bond motifs is 1. The minimum absolute atomic E-state index is 0.103. The Hall–Kier alpha value is -2.28. The van der Waals surface area contributed by atoms with Crippen molar-refractivity contribution in [3.8, 4) is 11.5 Å². The summed E-state index contributed by atoms with van der Waals surface area (Å²) in [5, 5.41) is 12.1. The van der Waals surface area contributed by atoms with Crippen LogP contribution in [0.4, 0.5) is 0 Å². The van der Waals surface area contributed by atoms with E-state index in [-0.39, 0.29) is 23.9 Å². The zero-order chi connectivity index (χ0) is 18.0. The van der Waals surface area contributed by atoms with Gasteiger partial charge in [0.05, 0.1) is 18.0 Å². The highest BCUT2D eigenvalue weighted by atomic mass is 16.6. The van der Waals surface area contributed by atoms with E-state index in [1.165, 1.54) is 0 Å². The molecule has 1 amide bonds. The van der Waals surface area contributed by atoms with Crippen LogP contribution < -0.4 is 14.8 Å². The van der Waals surface area contributed by atoms with Gasteiger partial charge in [0.2, 0.25) is 5.91 Å². The first-order valence-electron chi connectivity index (χ1n) is 8.62. The maximum absolute atomic E-state index is 12.5.